The maximum Gasteiger partial charge on any atom is 0.316 e. The Bertz CT molecular complexity index is 97.2. The second kappa shape index (κ2) is 10.0. The molecule has 42 valence electrons. The minimum Gasteiger partial charge on any atom is 0.316 e. The topological polar surface area (TPSA) is 74.6 Å². The van der Waals surface area contributed by atoms with E-state index >= 15 is 0 Å². The van der Waals surface area contributed by atoms with Crippen molar-refractivity contribution >= 4 is 108 Å². The summed E-state index contributed by atoms with van der Waals surface area (Å²) in [6.07, 6.45) is 0. The first-order chi connectivity index (χ1) is 2.00. The molecule has 0 aliphatic heterocycles. The standard InChI is InChI=1S/K.2Mg.H2O4S.5H/c;;;1-5(2,3)4;;;;;/h;;;(H2,1,2,3,4);;;;;. The smallest absolute Gasteiger partial charge is 0.316 e. The summed E-state index contributed by atoms with van der Waals surface area (Å²) < 4.78 is 31.6. The van der Waals surface area contributed by atoms with Gasteiger partial charge in [0.2, 0.25) is 0 Å². The molecule has 0 radical (unpaired) electrons. The van der Waals surface area contributed by atoms with Crippen LogP contribution in [0, 0.1) is 0 Å². The van der Waals surface area contributed by atoms with Gasteiger partial charge in [-0.1, -0.05) is 0 Å². The average molecular weight is 191 g/mol. The summed E-state index contributed by atoms with van der Waals surface area (Å²) in [6, 6.07) is 0. The Kier molecular flexibility index (Phi) is 28.2. The minimum atomic E-state index is -4.67. The molecule has 0 saturated heterocycles. The summed E-state index contributed by atoms with van der Waals surface area (Å²) >= 11 is 0. The van der Waals surface area contributed by atoms with Gasteiger partial charge in [-0.3, -0.25) is 9.11 Å². The SMILES string of the molecule is O=S(=O)(O)O.[KH].[MgH2].[MgH2]. The Morgan fingerprint density at radius 1 is 1.00 bits per heavy atom. The number of hydrogen-bond acceptors (Lipinski definition) is 2. The molecule has 8 heavy (non-hydrogen) atoms. The molecule has 0 fully saturated rings. The maximum absolute atomic E-state index is 8.74. The van der Waals surface area contributed by atoms with Crippen molar-refractivity contribution in [2.24, 2.45) is 0 Å². The first-order valence-electron chi connectivity index (χ1n) is 0.698. The zero-order chi connectivity index (χ0) is 4.50. The van der Waals surface area contributed by atoms with Crippen molar-refractivity contribution in [3.8, 4) is 0 Å². The normalized spacial score (nSPS) is 7.25. The van der Waals surface area contributed by atoms with Crippen molar-refractivity contribution in [3.63, 3.8) is 0 Å². The van der Waals surface area contributed by atoms with Crippen molar-refractivity contribution in [1.82, 2.24) is 0 Å². The average Bonchev–Trinajstić information content (AvgIpc) is 0.722. The van der Waals surface area contributed by atoms with Gasteiger partial charge in [0.1, 0.15) is 0 Å². The summed E-state index contributed by atoms with van der Waals surface area (Å²) in [4.78, 5) is 0. The quantitative estimate of drug-likeness (QED) is 0.313. The van der Waals surface area contributed by atoms with E-state index in [1.54, 1.807) is 0 Å². The second-order valence-electron chi connectivity index (χ2n) is 0.448. The molecular formula is H7KMg2O4S. The van der Waals surface area contributed by atoms with E-state index in [0.717, 1.165) is 0 Å². The van der Waals surface area contributed by atoms with Gasteiger partial charge in [0.15, 0.2) is 0 Å². The minimum absolute atomic E-state index is 0. The molecule has 0 aromatic heterocycles. The van der Waals surface area contributed by atoms with Gasteiger partial charge < -0.3 is 0 Å². The third-order valence-electron chi connectivity index (χ3n) is 0. The summed E-state index contributed by atoms with van der Waals surface area (Å²) in [5.41, 5.74) is 0. The summed E-state index contributed by atoms with van der Waals surface area (Å²) in [6.45, 7) is 0. The fraction of sp³-hybridized carbons (Fsp3) is 0. The Labute approximate surface area is 122 Å². The molecule has 0 rings (SSSR count). The summed E-state index contributed by atoms with van der Waals surface area (Å²) in [5.74, 6) is 0. The van der Waals surface area contributed by atoms with Gasteiger partial charge in [-0.2, -0.15) is 8.42 Å². The van der Waals surface area contributed by atoms with Crippen LogP contribution in [0.1, 0.15) is 0 Å². The molecule has 0 unspecified atom stereocenters. The van der Waals surface area contributed by atoms with E-state index in [4.69, 9.17) is 17.5 Å². The molecule has 0 aromatic carbocycles. The van der Waals surface area contributed by atoms with Crippen molar-refractivity contribution < 1.29 is 17.5 Å². The van der Waals surface area contributed by atoms with E-state index in [1.165, 1.54) is 0 Å². The fourth-order valence-electron chi connectivity index (χ4n) is 0. The Morgan fingerprint density at radius 2 is 1.00 bits per heavy atom. The second-order valence-corrected chi connectivity index (χ2v) is 1.34. The predicted molar refractivity (Wildman–Crippen MR) is 38.4 cm³/mol. The van der Waals surface area contributed by atoms with Crippen LogP contribution < -0.4 is 0 Å². The van der Waals surface area contributed by atoms with Crippen LogP contribution in [0.15, 0.2) is 0 Å². The van der Waals surface area contributed by atoms with Crippen LogP contribution >= 0.6 is 0 Å². The van der Waals surface area contributed by atoms with E-state index in [-0.39, 0.29) is 97.5 Å². The van der Waals surface area contributed by atoms with Crippen molar-refractivity contribution in [3.05, 3.63) is 0 Å². The molecule has 0 aliphatic rings. The molecule has 0 saturated carbocycles. The van der Waals surface area contributed by atoms with Gasteiger partial charge in [0.05, 0.1) is 0 Å². The summed E-state index contributed by atoms with van der Waals surface area (Å²) in [5, 5.41) is 0. The Balaban J connectivity index is -0.0000000267. The molecule has 0 amide bonds. The number of rotatable bonds is 0. The van der Waals surface area contributed by atoms with Gasteiger partial charge in [0.25, 0.3) is 0 Å². The molecule has 0 heterocycles. The van der Waals surface area contributed by atoms with Crippen molar-refractivity contribution in [1.29, 1.82) is 0 Å². The molecule has 8 heteroatoms. The largest absolute Gasteiger partial charge is 0.316 e. The third-order valence-corrected chi connectivity index (χ3v) is 0. The van der Waals surface area contributed by atoms with E-state index < -0.39 is 10.4 Å². The Hall–Kier alpha value is 3.04. The van der Waals surface area contributed by atoms with Crippen LogP contribution in [0.4, 0.5) is 0 Å². The molecule has 4 nitrogen and oxygen atoms in total. The molecule has 2 N–H and O–H groups in total. The molecule has 0 aliphatic carbocycles. The van der Waals surface area contributed by atoms with Crippen molar-refractivity contribution in [2.75, 3.05) is 0 Å². The molecule has 0 aromatic rings. The van der Waals surface area contributed by atoms with Crippen LogP contribution in [-0.2, 0) is 10.4 Å². The van der Waals surface area contributed by atoms with Crippen molar-refractivity contribution in [2.45, 2.75) is 0 Å². The molecule has 0 atom stereocenters. The molecule has 0 bridgehead atoms. The van der Waals surface area contributed by atoms with E-state index in [1.807, 2.05) is 0 Å². The van der Waals surface area contributed by atoms with Gasteiger partial charge >= 0.3 is 108 Å². The van der Waals surface area contributed by atoms with E-state index in [0.29, 0.717) is 0 Å². The monoisotopic (exact) mass is 190 g/mol. The zero-order valence-corrected chi connectivity index (χ0v) is 2.94. The maximum atomic E-state index is 8.74. The molecule has 0 spiro atoms. The van der Waals surface area contributed by atoms with Crippen LogP contribution in [-0.4, -0.2) is 115 Å². The first-order valence-corrected chi connectivity index (χ1v) is 2.10. The van der Waals surface area contributed by atoms with Gasteiger partial charge in [-0.05, 0) is 0 Å². The Morgan fingerprint density at radius 3 is 1.00 bits per heavy atom. The third kappa shape index (κ3) is 63.3. The molecular weight excluding hydrogens is 184 g/mol. The van der Waals surface area contributed by atoms with Gasteiger partial charge in [-0.25, -0.2) is 0 Å². The van der Waals surface area contributed by atoms with Crippen LogP contribution in [0.25, 0.3) is 0 Å². The first kappa shape index (κ1) is 22.5. The predicted octanol–water partition coefficient (Wildman–Crippen LogP) is -3.13. The van der Waals surface area contributed by atoms with E-state index in [9.17, 15) is 0 Å². The van der Waals surface area contributed by atoms with Gasteiger partial charge in [-0.15, -0.1) is 0 Å². The van der Waals surface area contributed by atoms with Crippen LogP contribution in [0.5, 0.6) is 0 Å². The van der Waals surface area contributed by atoms with Crippen LogP contribution in [0.2, 0.25) is 0 Å². The number of hydrogen-bond donors (Lipinski definition) is 2. The van der Waals surface area contributed by atoms with Gasteiger partial charge in [0, 0.05) is 0 Å². The van der Waals surface area contributed by atoms with Crippen LogP contribution in [0.3, 0.4) is 0 Å². The fourth-order valence-corrected chi connectivity index (χ4v) is 0. The van der Waals surface area contributed by atoms with E-state index in [2.05, 4.69) is 0 Å². The summed E-state index contributed by atoms with van der Waals surface area (Å²) in [7, 11) is -4.67. The zero-order valence-electron chi connectivity index (χ0n) is 2.12.